The van der Waals surface area contributed by atoms with Gasteiger partial charge in [0.1, 0.15) is 24.0 Å². The molecule has 0 aromatic heterocycles. The van der Waals surface area contributed by atoms with Crippen LogP contribution in [0, 0.1) is 11.3 Å². The normalized spacial score (nSPS) is 11.1. The van der Waals surface area contributed by atoms with Gasteiger partial charge in [-0.05, 0) is 66.2 Å². The van der Waals surface area contributed by atoms with Gasteiger partial charge in [-0.25, -0.2) is 4.79 Å². The van der Waals surface area contributed by atoms with Crippen molar-refractivity contribution < 1.29 is 19.1 Å². The third-order valence-electron chi connectivity index (χ3n) is 5.64. The van der Waals surface area contributed by atoms with E-state index in [1.54, 1.807) is 55.5 Å². The van der Waals surface area contributed by atoms with Crippen LogP contribution in [-0.2, 0) is 16.1 Å². The molecule has 0 saturated carbocycles. The van der Waals surface area contributed by atoms with Gasteiger partial charge in [0.05, 0.1) is 12.2 Å². The minimum Gasteiger partial charge on any atom is -0.488 e. The molecular formula is C30H22Cl2N2O4. The Morgan fingerprint density at radius 2 is 1.76 bits per heavy atom. The summed E-state index contributed by atoms with van der Waals surface area (Å²) in [5, 5.41) is 15.3. The molecule has 4 aromatic carbocycles. The van der Waals surface area contributed by atoms with Gasteiger partial charge in [0.2, 0.25) is 0 Å². The zero-order chi connectivity index (χ0) is 27.1. The van der Waals surface area contributed by atoms with E-state index in [0.29, 0.717) is 32.6 Å². The van der Waals surface area contributed by atoms with Crippen LogP contribution in [0.1, 0.15) is 28.4 Å². The Balaban J connectivity index is 1.63. The lowest BCUT2D eigenvalue weighted by atomic mass is 10.0. The molecule has 0 unspecified atom stereocenters. The van der Waals surface area contributed by atoms with E-state index in [2.05, 4.69) is 5.32 Å². The molecule has 190 valence electrons. The zero-order valence-electron chi connectivity index (χ0n) is 20.3. The zero-order valence-corrected chi connectivity index (χ0v) is 21.8. The molecule has 0 aliphatic carbocycles. The average Bonchev–Trinajstić information content (AvgIpc) is 2.92. The lowest BCUT2D eigenvalue weighted by Crippen LogP contribution is -2.14. The predicted molar refractivity (Wildman–Crippen MR) is 149 cm³/mol. The number of halogens is 2. The van der Waals surface area contributed by atoms with E-state index in [-0.39, 0.29) is 18.8 Å². The number of benzene rings is 4. The van der Waals surface area contributed by atoms with Crippen LogP contribution in [0.5, 0.6) is 5.75 Å². The summed E-state index contributed by atoms with van der Waals surface area (Å²) in [4.78, 5) is 24.9. The second-order valence-corrected chi connectivity index (χ2v) is 8.99. The van der Waals surface area contributed by atoms with Crippen LogP contribution in [0.2, 0.25) is 10.0 Å². The Morgan fingerprint density at radius 1 is 1.00 bits per heavy atom. The molecule has 4 aromatic rings. The molecule has 0 bridgehead atoms. The maximum Gasteiger partial charge on any atom is 0.338 e. The van der Waals surface area contributed by atoms with Gasteiger partial charge in [0.15, 0.2) is 0 Å². The monoisotopic (exact) mass is 544 g/mol. The Kier molecular flexibility index (Phi) is 8.65. The second kappa shape index (κ2) is 12.3. The summed E-state index contributed by atoms with van der Waals surface area (Å²) in [6.07, 6.45) is 1.50. The fourth-order valence-corrected chi connectivity index (χ4v) is 4.20. The van der Waals surface area contributed by atoms with Crippen molar-refractivity contribution in [3.8, 4) is 11.8 Å². The second-order valence-electron chi connectivity index (χ2n) is 8.14. The van der Waals surface area contributed by atoms with Crippen LogP contribution in [0.15, 0.2) is 84.4 Å². The highest BCUT2D eigenvalue weighted by atomic mass is 35.5. The number of carbonyl (C=O) groups is 2. The summed E-state index contributed by atoms with van der Waals surface area (Å²) < 4.78 is 11.1. The first-order chi connectivity index (χ1) is 18.4. The van der Waals surface area contributed by atoms with Crippen LogP contribution >= 0.6 is 23.2 Å². The molecule has 0 aliphatic rings. The van der Waals surface area contributed by atoms with Gasteiger partial charge >= 0.3 is 5.97 Å². The number of nitrogens with zero attached hydrogens (tertiary/aromatic N) is 1. The number of anilines is 1. The third-order valence-corrected chi connectivity index (χ3v) is 6.22. The van der Waals surface area contributed by atoms with Crippen molar-refractivity contribution in [1.82, 2.24) is 0 Å². The van der Waals surface area contributed by atoms with Gasteiger partial charge in [0, 0.05) is 26.9 Å². The summed E-state index contributed by atoms with van der Waals surface area (Å²) in [5.41, 5.74) is 1.99. The Hall–Kier alpha value is -4.31. The van der Waals surface area contributed by atoms with Crippen molar-refractivity contribution >= 4 is 57.6 Å². The van der Waals surface area contributed by atoms with E-state index in [1.165, 1.54) is 6.08 Å². The number of ether oxygens (including phenoxy) is 2. The molecule has 4 rings (SSSR count). The summed E-state index contributed by atoms with van der Waals surface area (Å²) in [6, 6.07) is 24.7. The first-order valence-electron chi connectivity index (χ1n) is 11.7. The van der Waals surface area contributed by atoms with Crippen molar-refractivity contribution in [2.45, 2.75) is 13.5 Å². The number of nitriles is 1. The van der Waals surface area contributed by atoms with E-state index < -0.39 is 11.9 Å². The Morgan fingerprint density at radius 3 is 2.47 bits per heavy atom. The Bertz CT molecular complexity index is 1570. The first-order valence-corrected chi connectivity index (χ1v) is 12.4. The van der Waals surface area contributed by atoms with E-state index in [4.69, 9.17) is 32.7 Å². The molecule has 8 heteroatoms. The number of carbonyl (C=O) groups excluding carboxylic acids is 2. The first kappa shape index (κ1) is 26.7. The maximum absolute atomic E-state index is 13.0. The predicted octanol–water partition coefficient (Wildman–Crippen LogP) is 7.45. The molecule has 0 heterocycles. The van der Waals surface area contributed by atoms with Crippen molar-refractivity contribution in [3.05, 3.63) is 111 Å². The van der Waals surface area contributed by atoms with E-state index in [0.717, 1.165) is 16.3 Å². The summed E-state index contributed by atoms with van der Waals surface area (Å²) in [6.45, 7) is 2.15. The highest BCUT2D eigenvalue weighted by Gasteiger charge is 2.15. The van der Waals surface area contributed by atoms with Crippen molar-refractivity contribution in [2.24, 2.45) is 0 Å². The van der Waals surface area contributed by atoms with Crippen molar-refractivity contribution in [3.63, 3.8) is 0 Å². The highest BCUT2D eigenvalue weighted by molar-refractivity contribution is 6.35. The maximum atomic E-state index is 13.0. The summed E-state index contributed by atoms with van der Waals surface area (Å²) in [7, 11) is 0. The molecule has 0 fully saturated rings. The third kappa shape index (κ3) is 6.33. The lowest BCUT2D eigenvalue weighted by Gasteiger charge is -2.14. The van der Waals surface area contributed by atoms with Gasteiger partial charge < -0.3 is 14.8 Å². The fraction of sp³-hybridized carbons (Fsp3) is 0.100. The number of esters is 1. The van der Waals surface area contributed by atoms with Crippen molar-refractivity contribution in [2.75, 3.05) is 11.9 Å². The minimum absolute atomic E-state index is 0.120. The molecule has 1 amide bonds. The smallest absolute Gasteiger partial charge is 0.338 e. The molecule has 6 nitrogen and oxygen atoms in total. The van der Waals surface area contributed by atoms with Crippen LogP contribution in [0.4, 0.5) is 5.69 Å². The largest absolute Gasteiger partial charge is 0.488 e. The molecule has 0 aliphatic heterocycles. The molecule has 0 spiro atoms. The van der Waals surface area contributed by atoms with Gasteiger partial charge in [-0.2, -0.15) is 5.26 Å². The summed E-state index contributed by atoms with van der Waals surface area (Å²) >= 11 is 12.3. The lowest BCUT2D eigenvalue weighted by molar-refractivity contribution is -0.112. The average molecular weight is 545 g/mol. The number of nitrogens with one attached hydrogen (secondary N) is 1. The Labute approximate surface area is 230 Å². The molecule has 0 atom stereocenters. The fourth-order valence-electron chi connectivity index (χ4n) is 3.74. The van der Waals surface area contributed by atoms with Crippen LogP contribution < -0.4 is 10.1 Å². The molecule has 38 heavy (non-hydrogen) atoms. The number of rotatable bonds is 8. The minimum atomic E-state index is -0.601. The standard InChI is InChI=1S/C30H22Cl2N2O4/c1-2-37-30(36)20-8-12-24(13-9-20)34-29(35)22(17-33)15-26-25-6-4-3-5-19(25)10-14-28(26)38-18-21-7-11-23(31)16-27(21)32/h3-16H,2,18H2,1H3,(H,34,35)/b22-15+. The van der Waals surface area contributed by atoms with E-state index in [9.17, 15) is 14.9 Å². The molecular weight excluding hydrogens is 523 g/mol. The molecule has 0 radical (unpaired) electrons. The van der Waals surface area contributed by atoms with Gasteiger partial charge in [-0.1, -0.05) is 59.6 Å². The number of amides is 1. The van der Waals surface area contributed by atoms with Gasteiger partial charge in [0.25, 0.3) is 5.91 Å². The highest BCUT2D eigenvalue weighted by Crippen LogP contribution is 2.32. The quantitative estimate of drug-likeness (QED) is 0.141. The van der Waals surface area contributed by atoms with Crippen LogP contribution in [-0.4, -0.2) is 18.5 Å². The molecule has 1 N–H and O–H groups in total. The van der Waals surface area contributed by atoms with Crippen LogP contribution in [0.3, 0.4) is 0 Å². The number of hydrogen-bond acceptors (Lipinski definition) is 5. The van der Waals surface area contributed by atoms with E-state index in [1.807, 2.05) is 36.4 Å². The molecule has 0 saturated heterocycles. The SMILES string of the molecule is CCOC(=O)c1ccc(NC(=O)/C(C#N)=C/c2c(OCc3ccc(Cl)cc3Cl)ccc3ccccc23)cc1. The number of fused-ring (bicyclic) bond motifs is 1. The number of hydrogen-bond donors (Lipinski definition) is 1. The summed E-state index contributed by atoms with van der Waals surface area (Å²) in [5.74, 6) is -0.573. The topological polar surface area (TPSA) is 88.4 Å². The van der Waals surface area contributed by atoms with Gasteiger partial charge in [-0.15, -0.1) is 0 Å². The van der Waals surface area contributed by atoms with Gasteiger partial charge in [-0.3, -0.25) is 4.79 Å². The van der Waals surface area contributed by atoms with Crippen molar-refractivity contribution in [1.29, 1.82) is 5.26 Å². The van der Waals surface area contributed by atoms with Crippen LogP contribution in [0.25, 0.3) is 16.8 Å². The van der Waals surface area contributed by atoms with E-state index >= 15 is 0 Å².